The van der Waals surface area contributed by atoms with Crippen LogP contribution < -0.4 is 9.47 Å². The third-order valence-electron chi connectivity index (χ3n) is 7.36. The molecule has 0 unspecified atom stereocenters. The fraction of sp³-hybridized carbons (Fsp3) is 0.419. The molecule has 0 amide bonds. The van der Waals surface area contributed by atoms with E-state index in [-0.39, 0.29) is 17.6 Å². The maximum atomic E-state index is 9.97. The molecule has 0 radical (unpaired) electrons. The van der Waals surface area contributed by atoms with Crippen LogP contribution in [0.25, 0.3) is 0 Å². The highest BCUT2D eigenvalue weighted by Gasteiger charge is 2.33. The van der Waals surface area contributed by atoms with E-state index in [2.05, 4.69) is 53.4 Å². The fourth-order valence-electron chi connectivity index (χ4n) is 5.38. The Morgan fingerprint density at radius 1 is 0.833 bits per heavy atom. The smallest absolute Gasteiger partial charge is 0.126 e. The van der Waals surface area contributed by atoms with Crippen molar-refractivity contribution in [3.63, 3.8) is 0 Å². The molecule has 1 N–H and O–H groups in total. The summed E-state index contributed by atoms with van der Waals surface area (Å²) >= 11 is 0. The van der Waals surface area contributed by atoms with E-state index in [9.17, 15) is 5.11 Å². The first-order valence-electron chi connectivity index (χ1n) is 13.3. The summed E-state index contributed by atoms with van der Waals surface area (Å²) in [6.45, 7) is 6.43. The molecule has 1 saturated heterocycles. The summed E-state index contributed by atoms with van der Waals surface area (Å²) in [5, 5.41) is 9.97. The van der Waals surface area contributed by atoms with Gasteiger partial charge in [0.25, 0.3) is 0 Å². The fourth-order valence-corrected chi connectivity index (χ4v) is 5.38. The van der Waals surface area contributed by atoms with Crippen molar-refractivity contribution in [3.05, 3.63) is 89.5 Å². The van der Waals surface area contributed by atoms with Gasteiger partial charge >= 0.3 is 0 Å². The van der Waals surface area contributed by atoms with Crippen molar-refractivity contribution in [2.45, 2.75) is 37.5 Å². The molecule has 2 heterocycles. The molecule has 0 spiro atoms. The van der Waals surface area contributed by atoms with Gasteiger partial charge in [0.05, 0.1) is 26.4 Å². The number of unbranched alkanes of at least 4 members (excludes halogenated alkanes) is 3. The van der Waals surface area contributed by atoms with Gasteiger partial charge in [0.15, 0.2) is 0 Å². The molecule has 3 aromatic rings. The van der Waals surface area contributed by atoms with E-state index in [0.717, 1.165) is 56.4 Å². The molecule has 0 aliphatic carbocycles. The van der Waals surface area contributed by atoms with Crippen LogP contribution in [-0.4, -0.2) is 56.1 Å². The lowest BCUT2D eigenvalue weighted by molar-refractivity contribution is 0.0371. The van der Waals surface area contributed by atoms with Gasteiger partial charge in [0.1, 0.15) is 17.2 Å². The van der Waals surface area contributed by atoms with Gasteiger partial charge in [-0.25, -0.2) is 0 Å². The van der Waals surface area contributed by atoms with E-state index >= 15 is 0 Å². The highest BCUT2D eigenvalue weighted by Crippen LogP contribution is 2.47. The molecule has 2 aliphatic heterocycles. The maximum Gasteiger partial charge on any atom is 0.126 e. The summed E-state index contributed by atoms with van der Waals surface area (Å²) in [7, 11) is 0. The second-order valence-corrected chi connectivity index (χ2v) is 9.81. The van der Waals surface area contributed by atoms with Gasteiger partial charge in [-0.1, -0.05) is 61.4 Å². The lowest BCUT2D eigenvalue weighted by Gasteiger charge is -2.34. The Morgan fingerprint density at radius 2 is 1.61 bits per heavy atom. The molecule has 36 heavy (non-hydrogen) atoms. The normalized spacial score (nSPS) is 19.9. The summed E-state index contributed by atoms with van der Waals surface area (Å²) in [6, 6.07) is 24.6. The average Bonchev–Trinajstić information content (AvgIpc) is 2.93. The zero-order valence-electron chi connectivity index (χ0n) is 21.0. The number of hydrogen-bond acceptors (Lipinski definition) is 5. The van der Waals surface area contributed by atoms with Crippen molar-refractivity contribution in [3.8, 4) is 17.2 Å². The Labute approximate surface area is 214 Å². The largest absolute Gasteiger partial charge is 0.508 e. The Bertz CT molecular complexity index is 1080. The molecule has 0 saturated carbocycles. The third-order valence-corrected chi connectivity index (χ3v) is 7.36. The first-order chi connectivity index (χ1) is 17.8. The van der Waals surface area contributed by atoms with Gasteiger partial charge in [0, 0.05) is 36.6 Å². The number of phenolic OH excluding ortho intramolecular Hbond substituents is 1. The minimum Gasteiger partial charge on any atom is -0.508 e. The number of aromatic hydroxyl groups is 1. The van der Waals surface area contributed by atoms with E-state index in [1.807, 2.05) is 12.1 Å². The molecule has 5 rings (SSSR count). The van der Waals surface area contributed by atoms with Gasteiger partial charge in [-0.2, -0.15) is 0 Å². The highest BCUT2D eigenvalue weighted by molar-refractivity contribution is 5.50. The van der Waals surface area contributed by atoms with Gasteiger partial charge in [-0.05, 0) is 48.7 Å². The van der Waals surface area contributed by atoms with E-state index in [0.29, 0.717) is 6.61 Å². The lowest BCUT2D eigenvalue weighted by Crippen LogP contribution is -2.36. The van der Waals surface area contributed by atoms with E-state index in [1.54, 1.807) is 12.1 Å². The van der Waals surface area contributed by atoms with Crippen molar-refractivity contribution in [1.82, 2.24) is 4.90 Å². The van der Waals surface area contributed by atoms with Crippen LogP contribution in [0.2, 0.25) is 0 Å². The van der Waals surface area contributed by atoms with E-state index in [1.165, 1.54) is 36.9 Å². The maximum absolute atomic E-state index is 9.97. The summed E-state index contributed by atoms with van der Waals surface area (Å²) in [6.07, 6.45) is 4.78. The van der Waals surface area contributed by atoms with Crippen LogP contribution in [0.3, 0.4) is 0 Å². The van der Waals surface area contributed by atoms with Crippen LogP contribution in [0, 0.1) is 0 Å². The van der Waals surface area contributed by atoms with E-state index < -0.39 is 0 Å². The topological polar surface area (TPSA) is 51.2 Å². The highest BCUT2D eigenvalue weighted by atomic mass is 16.5. The number of ether oxygens (including phenoxy) is 3. The number of nitrogens with zero attached hydrogens (tertiary/aromatic N) is 1. The average molecular weight is 488 g/mol. The van der Waals surface area contributed by atoms with Crippen molar-refractivity contribution < 1.29 is 19.3 Å². The zero-order chi connectivity index (χ0) is 24.6. The third kappa shape index (κ3) is 6.21. The number of benzene rings is 3. The van der Waals surface area contributed by atoms with Gasteiger partial charge in [0.2, 0.25) is 0 Å². The van der Waals surface area contributed by atoms with Crippen LogP contribution >= 0.6 is 0 Å². The van der Waals surface area contributed by atoms with Crippen LogP contribution in [0.15, 0.2) is 72.8 Å². The number of rotatable bonds is 10. The standard InChI is InChI=1S/C31H37NO4/c33-26-12-15-28-30(22-26)36-23-29(24-8-4-3-5-9-24)31(28)25-10-13-27(14-11-25)35-19-7-2-1-6-16-32-17-20-34-21-18-32/h3-5,8-15,22,29,31,33H,1-2,6-7,16-21,23H2/t29-,31-/m0/s1. The Morgan fingerprint density at radius 3 is 2.42 bits per heavy atom. The molecule has 1 fully saturated rings. The molecule has 5 nitrogen and oxygen atoms in total. The first kappa shape index (κ1) is 24.7. The predicted octanol–water partition coefficient (Wildman–Crippen LogP) is 5.97. The number of fused-ring (bicyclic) bond motifs is 1. The SMILES string of the molecule is Oc1ccc2c(c1)OC[C@@H](c1ccccc1)[C@H]2c1ccc(OCCCCCCN2CCOCC2)cc1. The van der Waals surface area contributed by atoms with Crippen molar-refractivity contribution >= 4 is 0 Å². The van der Waals surface area contributed by atoms with Crippen molar-refractivity contribution in [1.29, 1.82) is 0 Å². The molecular formula is C31H37NO4. The van der Waals surface area contributed by atoms with Gasteiger partial charge in [-0.3, -0.25) is 4.90 Å². The van der Waals surface area contributed by atoms with Crippen molar-refractivity contribution in [2.24, 2.45) is 0 Å². The lowest BCUT2D eigenvalue weighted by atomic mass is 9.76. The molecule has 0 bridgehead atoms. The minimum atomic E-state index is 0.150. The van der Waals surface area contributed by atoms with Gasteiger partial charge < -0.3 is 19.3 Å². The van der Waals surface area contributed by atoms with Gasteiger partial charge in [-0.15, -0.1) is 0 Å². The van der Waals surface area contributed by atoms with Crippen LogP contribution in [0.4, 0.5) is 0 Å². The van der Waals surface area contributed by atoms with E-state index in [4.69, 9.17) is 14.2 Å². The molecule has 3 aromatic carbocycles. The number of morpholine rings is 1. The first-order valence-corrected chi connectivity index (χ1v) is 13.3. The molecule has 0 aromatic heterocycles. The number of phenols is 1. The minimum absolute atomic E-state index is 0.150. The van der Waals surface area contributed by atoms with Crippen LogP contribution in [0.5, 0.6) is 17.2 Å². The number of hydrogen-bond donors (Lipinski definition) is 1. The molecular weight excluding hydrogens is 450 g/mol. The summed E-state index contributed by atoms with van der Waals surface area (Å²) in [5.74, 6) is 2.27. The summed E-state index contributed by atoms with van der Waals surface area (Å²) in [4.78, 5) is 2.50. The Hall–Kier alpha value is -3.02. The monoisotopic (exact) mass is 487 g/mol. The predicted molar refractivity (Wildman–Crippen MR) is 142 cm³/mol. The Kier molecular flexibility index (Phi) is 8.42. The molecule has 2 aliphatic rings. The molecule has 5 heteroatoms. The molecule has 190 valence electrons. The van der Waals surface area contributed by atoms with Crippen LogP contribution in [0.1, 0.15) is 54.2 Å². The van der Waals surface area contributed by atoms with Crippen LogP contribution in [-0.2, 0) is 4.74 Å². The zero-order valence-corrected chi connectivity index (χ0v) is 21.0. The Balaban J connectivity index is 1.17. The second-order valence-electron chi connectivity index (χ2n) is 9.81. The second kappa shape index (κ2) is 12.3. The summed E-state index contributed by atoms with van der Waals surface area (Å²) < 4.78 is 17.6. The molecule has 2 atom stereocenters. The summed E-state index contributed by atoms with van der Waals surface area (Å²) in [5.41, 5.74) is 3.60. The quantitative estimate of drug-likeness (QED) is 0.357. The van der Waals surface area contributed by atoms with Crippen molar-refractivity contribution in [2.75, 3.05) is 46.1 Å².